The molecule has 5 fully saturated rings. The lowest BCUT2D eigenvalue weighted by molar-refractivity contribution is -0.451. The summed E-state index contributed by atoms with van der Waals surface area (Å²) >= 11 is 0. The molecule has 4 heterocycles. The highest BCUT2D eigenvalue weighted by molar-refractivity contribution is 6.07. The van der Waals surface area contributed by atoms with Gasteiger partial charge in [-0.2, -0.15) is 0 Å². The van der Waals surface area contributed by atoms with Gasteiger partial charge in [0, 0.05) is 25.2 Å². The molecule has 1 aliphatic carbocycles. The second-order valence-electron chi connectivity index (χ2n) is 23.3. The summed E-state index contributed by atoms with van der Waals surface area (Å²) in [6, 6.07) is 0. The topological polar surface area (TPSA) is 78.9 Å². The van der Waals surface area contributed by atoms with Crippen LogP contribution in [0.3, 0.4) is 0 Å². The predicted molar refractivity (Wildman–Crippen MR) is 308 cm³/mol. The van der Waals surface area contributed by atoms with Crippen LogP contribution in [0.2, 0.25) is 0 Å². The molecule has 5 rings (SSSR count). The summed E-state index contributed by atoms with van der Waals surface area (Å²) in [6.45, 7) is 9.05. The number of hydrogen-bond donors (Lipinski definition) is 0. The first kappa shape index (κ1) is 63.4. The average Bonchev–Trinajstić information content (AvgIpc) is 3.92. The smallest absolute Gasteiger partial charge is 0.199 e. The maximum atomic E-state index is 15.8. The van der Waals surface area contributed by atoms with Crippen molar-refractivity contribution in [1.29, 1.82) is 0 Å². The quantitative estimate of drug-likeness (QED) is 0.0446. The number of Topliss-reactive ketones (excluding diaryl/α,β-unsaturated/α-hetero) is 3. The van der Waals surface area contributed by atoms with Gasteiger partial charge >= 0.3 is 0 Å². The molecule has 6 atom stereocenters. The minimum Gasteiger partial charge on any atom is -0.361 e. The van der Waals surface area contributed by atoms with Crippen LogP contribution in [0.5, 0.6) is 0 Å². The number of allylic oxidation sites excluding steroid dienone is 8. The molecule has 73 heavy (non-hydrogen) atoms. The van der Waals surface area contributed by atoms with Crippen molar-refractivity contribution < 1.29 is 28.6 Å². The fourth-order valence-electron chi connectivity index (χ4n) is 13.4. The van der Waals surface area contributed by atoms with Crippen LogP contribution >= 0.6 is 0 Å². The number of ketones is 3. The van der Waals surface area contributed by atoms with Crippen molar-refractivity contribution in [1.82, 2.24) is 0 Å². The molecule has 4 aliphatic heterocycles. The maximum absolute atomic E-state index is 15.8. The number of ether oxygens (including phenoxy) is 3. The monoisotopic (exact) mass is 1010 g/mol. The van der Waals surface area contributed by atoms with Gasteiger partial charge in [0.1, 0.15) is 6.10 Å². The Morgan fingerprint density at radius 1 is 0.438 bits per heavy atom. The third-order valence-electron chi connectivity index (χ3n) is 17.4. The molecule has 418 valence electrons. The van der Waals surface area contributed by atoms with E-state index in [-0.39, 0.29) is 42.4 Å². The van der Waals surface area contributed by atoms with E-state index in [1.54, 1.807) is 0 Å². The Balaban J connectivity index is 1.43. The Labute approximate surface area is 450 Å². The summed E-state index contributed by atoms with van der Waals surface area (Å²) in [5.74, 6) is 0.0438. The van der Waals surface area contributed by atoms with Gasteiger partial charge in [-0.3, -0.25) is 14.4 Å². The molecule has 4 saturated heterocycles. The van der Waals surface area contributed by atoms with Crippen molar-refractivity contribution >= 4 is 17.3 Å². The van der Waals surface area contributed by atoms with Gasteiger partial charge in [0.15, 0.2) is 34.2 Å². The number of hydrogen-bond acceptors (Lipinski definition) is 6. The lowest BCUT2D eigenvalue weighted by atomic mass is 9.48. The third-order valence-corrected chi connectivity index (χ3v) is 17.4. The SMILES string of the molecule is CC/C=C\C/C=C\C/C=C\CCCCCCCC(=O)C1(CCC)OCC2OC1(C(=O)CCCCCCC/C=C\CCCCCCCC)C1(C(=O)CCCCCCCCCCCCCCC)OC2C1C1CCCC1. The highest BCUT2D eigenvalue weighted by Crippen LogP contribution is 2.67. The first-order valence-electron chi connectivity index (χ1n) is 32.1. The molecular weight excluding hydrogens is 901 g/mol. The highest BCUT2D eigenvalue weighted by Gasteiger charge is 2.87. The van der Waals surface area contributed by atoms with Crippen LogP contribution in [-0.2, 0) is 28.6 Å². The normalized spacial score (nSPS) is 25.0. The van der Waals surface area contributed by atoms with Crippen molar-refractivity contribution in [3.8, 4) is 0 Å². The zero-order valence-electron chi connectivity index (χ0n) is 48.2. The van der Waals surface area contributed by atoms with E-state index < -0.39 is 22.9 Å². The van der Waals surface area contributed by atoms with E-state index in [4.69, 9.17) is 14.2 Å². The lowest BCUT2D eigenvalue weighted by Gasteiger charge is -2.74. The summed E-state index contributed by atoms with van der Waals surface area (Å²) in [7, 11) is 0. The summed E-state index contributed by atoms with van der Waals surface area (Å²) in [5, 5.41) is 0. The highest BCUT2D eigenvalue weighted by atomic mass is 16.7. The summed E-state index contributed by atoms with van der Waals surface area (Å²) in [6.07, 6.45) is 64.6. The molecule has 5 aliphatic rings. The lowest BCUT2D eigenvalue weighted by Crippen LogP contribution is -2.94. The fraction of sp³-hybridized carbons (Fsp3) is 0.836. The van der Waals surface area contributed by atoms with E-state index in [1.165, 1.54) is 116 Å². The molecule has 0 aromatic rings. The fourth-order valence-corrected chi connectivity index (χ4v) is 13.4. The first-order chi connectivity index (χ1) is 35.9. The Kier molecular flexibility index (Phi) is 33.3. The van der Waals surface area contributed by atoms with Gasteiger partial charge in [0.25, 0.3) is 0 Å². The van der Waals surface area contributed by atoms with Crippen LogP contribution in [0.25, 0.3) is 0 Å². The van der Waals surface area contributed by atoms with Gasteiger partial charge in [-0.1, -0.05) is 243 Å². The number of carbonyl (C=O) groups is 3. The van der Waals surface area contributed by atoms with E-state index in [0.29, 0.717) is 31.6 Å². The van der Waals surface area contributed by atoms with Gasteiger partial charge < -0.3 is 14.2 Å². The van der Waals surface area contributed by atoms with Crippen molar-refractivity contribution in [2.24, 2.45) is 11.8 Å². The van der Waals surface area contributed by atoms with Crippen molar-refractivity contribution in [2.45, 2.75) is 339 Å². The summed E-state index contributed by atoms with van der Waals surface area (Å²) < 4.78 is 21.5. The predicted octanol–water partition coefficient (Wildman–Crippen LogP) is 19.5. The second-order valence-corrected chi connectivity index (χ2v) is 23.3. The molecular formula is C67H114O6. The largest absolute Gasteiger partial charge is 0.361 e. The number of rotatable bonds is 48. The molecule has 0 N–H and O–H groups in total. The molecule has 4 bridgehead atoms. The van der Waals surface area contributed by atoms with E-state index >= 15 is 14.4 Å². The Bertz CT molecular complexity index is 1590. The van der Waals surface area contributed by atoms with Crippen LogP contribution in [-0.4, -0.2) is 53.0 Å². The van der Waals surface area contributed by atoms with Gasteiger partial charge in [0.05, 0.1) is 12.7 Å². The third kappa shape index (κ3) is 19.7. The Morgan fingerprint density at radius 3 is 1.33 bits per heavy atom. The van der Waals surface area contributed by atoms with Crippen LogP contribution in [0.15, 0.2) is 48.6 Å². The van der Waals surface area contributed by atoms with E-state index in [0.717, 1.165) is 135 Å². The molecule has 6 unspecified atom stereocenters. The molecule has 0 spiro atoms. The van der Waals surface area contributed by atoms with Crippen LogP contribution in [0.1, 0.15) is 310 Å². The van der Waals surface area contributed by atoms with Crippen LogP contribution in [0.4, 0.5) is 0 Å². The van der Waals surface area contributed by atoms with E-state index in [9.17, 15) is 0 Å². The molecule has 0 aromatic heterocycles. The van der Waals surface area contributed by atoms with Crippen molar-refractivity contribution in [2.75, 3.05) is 6.61 Å². The minimum absolute atomic E-state index is 0.00745. The molecule has 0 radical (unpaired) electrons. The molecule has 6 heteroatoms. The molecule has 6 nitrogen and oxygen atoms in total. The Hall–Kier alpha value is -2.15. The van der Waals surface area contributed by atoms with Crippen molar-refractivity contribution in [3.05, 3.63) is 48.6 Å². The van der Waals surface area contributed by atoms with Gasteiger partial charge in [-0.25, -0.2) is 0 Å². The van der Waals surface area contributed by atoms with E-state index in [2.05, 4.69) is 76.3 Å². The summed E-state index contributed by atoms with van der Waals surface area (Å²) in [4.78, 5) is 46.6. The molecule has 0 amide bonds. The number of carbonyl (C=O) groups excluding carboxylic acids is 3. The first-order valence-corrected chi connectivity index (χ1v) is 32.1. The maximum Gasteiger partial charge on any atom is 0.199 e. The average molecular weight is 1020 g/mol. The zero-order valence-corrected chi connectivity index (χ0v) is 48.2. The Morgan fingerprint density at radius 2 is 0.849 bits per heavy atom. The van der Waals surface area contributed by atoms with Crippen LogP contribution in [0, 0.1) is 11.8 Å². The standard InChI is InChI=1S/C67H114O6/c1-5-9-12-15-18-21-24-27-29-32-34-37-40-43-46-53-60(68)65(56-8-4)67(62(70)55-48-45-42-39-36-33-30-28-25-22-19-16-13-10-6-2)66(63(58-51-49-50-52-58)64(73-66)59(72-67)57-71-65)61(69)54-47-44-41-38-35-31-26-23-20-17-14-11-7-3/h9,12,18,21,27-30,58-59,63-64H,5-8,10-11,13-17,19-20,22-26,31-57H2,1-4H3/b12-9-,21-18-,29-27-,30-28-. The molecule has 0 aromatic carbocycles. The minimum atomic E-state index is -1.75. The second kappa shape index (κ2) is 38.4. The number of unbranched alkanes of at least 4 members (excludes halogenated alkanes) is 28. The van der Waals surface area contributed by atoms with Crippen LogP contribution < -0.4 is 0 Å². The zero-order chi connectivity index (χ0) is 52.1. The van der Waals surface area contributed by atoms with Gasteiger partial charge in [0.2, 0.25) is 0 Å². The van der Waals surface area contributed by atoms with Gasteiger partial charge in [-0.15, -0.1) is 0 Å². The molecule has 1 saturated carbocycles. The summed E-state index contributed by atoms with van der Waals surface area (Å²) in [5.41, 5.74) is -4.75. The van der Waals surface area contributed by atoms with Crippen molar-refractivity contribution in [3.63, 3.8) is 0 Å². The van der Waals surface area contributed by atoms with E-state index in [1.807, 2.05) is 0 Å². The van der Waals surface area contributed by atoms with Gasteiger partial charge in [-0.05, 0) is 102 Å².